The quantitative estimate of drug-likeness (QED) is 0.779. The fourth-order valence-corrected chi connectivity index (χ4v) is 1.87. The van der Waals surface area contributed by atoms with Crippen LogP contribution in [0.3, 0.4) is 0 Å². The summed E-state index contributed by atoms with van der Waals surface area (Å²) in [7, 11) is 0. The van der Waals surface area contributed by atoms with Gasteiger partial charge in [0.25, 0.3) is 5.91 Å². The molecule has 1 aliphatic heterocycles. The smallest absolute Gasteiger partial charge is 0.251 e. The molecule has 1 aromatic rings. The molecule has 0 radical (unpaired) electrons. The lowest BCUT2D eigenvalue weighted by Crippen LogP contribution is -2.23. The van der Waals surface area contributed by atoms with E-state index in [1.54, 1.807) is 6.08 Å². The van der Waals surface area contributed by atoms with E-state index >= 15 is 0 Å². The Kier molecular flexibility index (Phi) is 4.36. The summed E-state index contributed by atoms with van der Waals surface area (Å²) in [6.07, 6.45) is 2.69. The van der Waals surface area contributed by atoms with Crippen LogP contribution in [0.25, 0.3) is 0 Å². The lowest BCUT2D eigenvalue weighted by molar-refractivity contribution is 0.0958. The second-order valence-electron chi connectivity index (χ2n) is 4.28. The third-order valence-corrected chi connectivity index (χ3v) is 2.85. The van der Waals surface area contributed by atoms with Crippen molar-refractivity contribution in [3.8, 4) is 0 Å². The molecule has 0 bridgehead atoms. The molecule has 0 aromatic heterocycles. The molecule has 18 heavy (non-hydrogen) atoms. The van der Waals surface area contributed by atoms with Crippen molar-refractivity contribution in [2.45, 2.75) is 12.5 Å². The lowest BCUT2D eigenvalue weighted by atomic mass is 10.1. The van der Waals surface area contributed by atoms with Gasteiger partial charge in [0.15, 0.2) is 0 Å². The van der Waals surface area contributed by atoms with E-state index in [4.69, 9.17) is 4.74 Å². The minimum absolute atomic E-state index is 0.0781. The van der Waals surface area contributed by atoms with Crippen LogP contribution in [-0.4, -0.2) is 31.7 Å². The highest BCUT2D eigenvalue weighted by Crippen LogP contribution is 2.14. The van der Waals surface area contributed by atoms with Gasteiger partial charge in [0.05, 0.1) is 12.6 Å². The number of carbonyl (C=O) groups excluding carboxylic acids is 1. The maximum absolute atomic E-state index is 11.7. The molecular formula is C14H18N2O2. The first kappa shape index (κ1) is 12.6. The molecule has 1 aliphatic rings. The molecule has 1 fully saturated rings. The molecule has 1 heterocycles. The van der Waals surface area contributed by atoms with Gasteiger partial charge in [-0.2, -0.15) is 0 Å². The second-order valence-corrected chi connectivity index (χ2v) is 4.28. The summed E-state index contributed by atoms with van der Waals surface area (Å²) in [5.41, 5.74) is 1.68. The Morgan fingerprint density at radius 2 is 2.22 bits per heavy atom. The zero-order valence-electron chi connectivity index (χ0n) is 10.3. The number of hydrogen-bond acceptors (Lipinski definition) is 3. The highest BCUT2D eigenvalue weighted by atomic mass is 16.5. The molecule has 4 nitrogen and oxygen atoms in total. The maximum Gasteiger partial charge on any atom is 0.251 e. The second kappa shape index (κ2) is 6.21. The Labute approximate surface area is 107 Å². The Bertz CT molecular complexity index is 408. The molecule has 1 saturated heterocycles. The standard InChI is InChI=1S/C14H18N2O2/c1-2-8-15-14(17)11-3-5-12(6-4-11)16-13-7-9-18-10-13/h2-6,13,16H,1,7-10H2,(H,15,17). The van der Waals surface area contributed by atoms with Gasteiger partial charge in [0.2, 0.25) is 0 Å². The molecule has 96 valence electrons. The van der Waals surface area contributed by atoms with E-state index < -0.39 is 0 Å². The fourth-order valence-electron chi connectivity index (χ4n) is 1.87. The van der Waals surface area contributed by atoms with Crippen molar-refractivity contribution in [1.29, 1.82) is 0 Å². The number of carbonyl (C=O) groups is 1. The molecule has 1 atom stereocenters. The van der Waals surface area contributed by atoms with Gasteiger partial charge in [0.1, 0.15) is 0 Å². The number of rotatable bonds is 5. The van der Waals surface area contributed by atoms with E-state index in [1.165, 1.54) is 0 Å². The first-order valence-corrected chi connectivity index (χ1v) is 6.13. The van der Waals surface area contributed by atoms with Gasteiger partial charge in [0, 0.05) is 24.4 Å². The summed E-state index contributed by atoms with van der Waals surface area (Å²) in [5, 5.41) is 6.12. The molecule has 2 rings (SSSR count). The summed E-state index contributed by atoms with van der Waals surface area (Å²) in [6, 6.07) is 7.85. The number of anilines is 1. The van der Waals surface area contributed by atoms with Crippen molar-refractivity contribution in [2.75, 3.05) is 25.1 Å². The Morgan fingerprint density at radius 3 is 2.83 bits per heavy atom. The van der Waals surface area contributed by atoms with Crippen LogP contribution in [0.2, 0.25) is 0 Å². The maximum atomic E-state index is 11.7. The fraction of sp³-hybridized carbons (Fsp3) is 0.357. The first-order chi connectivity index (χ1) is 8.79. The van der Waals surface area contributed by atoms with Crippen molar-refractivity contribution in [1.82, 2.24) is 5.32 Å². The lowest BCUT2D eigenvalue weighted by Gasteiger charge is -2.12. The molecule has 0 spiro atoms. The molecule has 0 saturated carbocycles. The minimum Gasteiger partial charge on any atom is -0.380 e. The molecule has 2 N–H and O–H groups in total. The van der Waals surface area contributed by atoms with E-state index in [9.17, 15) is 4.79 Å². The Hall–Kier alpha value is -1.81. The summed E-state index contributed by atoms with van der Waals surface area (Å²) in [6.45, 7) is 5.62. The number of ether oxygens (including phenoxy) is 1. The highest BCUT2D eigenvalue weighted by molar-refractivity contribution is 5.94. The number of amides is 1. The van der Waals surface area contributed by atoms with Gasteiger partial charge >= 0.3 is 0 Å². The van der Waals surface area contributed by atoms with Crippen molar-refractivity contribution < 1.29 is 9.53 Å². The third-order valence-electron chi connectivity index (χ3n) is 2.85. The molecule has 0 aliphatic carbocycles. The van der Waals surface area contributed by atoms with Crippen LogP contribution < -0.4 is 10.6 Å². The third kappa shape index (κ3) is 3.34. The summed E-state index contributed by atoms with van der Waals surface area (Å²) >= 11 is 0. The van der Waals surface area contributed by atoms with Crippen molar-refractivity contribution in [2.24, 2.45) is 0 Å². The van der Waals surface area contributed by atoms with Crippen LogP contribution in [0.5, 0.6) is 0 Å². The van der Waals surface area contributed by atoms with E-state index in [2.05, 4.69) is 17.2 Å². The number of benzene rings is 1. The van der Waals surface area contributed by atoms with Crippen molar-refractivity contribution in [3.63, 3.8) is 0 Å². The van der Waals surface area contributed by atoms with Crippen LogP contribution in [0, 0.1) is 0 Å². The summed E-state index contributed by atoms with van der Waals surface area (Å²) in [5.74, 6) is -0.0781. The predicted molar refractivity (Wildman–Crippen MR) is 71.8 cm³/mol. The predicted octanol–water partition coefficient (Wildman–Crippen LogP) is 1.80. The van der Waals surface area contributed by atoms with Crippen LogP contribution in [0.1, 0.15) is 16.8 Å². The van der Waals surface area contributed by atoms with Crippen molar-refractivity contribution >= 4 is 11.6 Å². The van der Waals surface area contributed by atoms with Gasteiger partial charge < -0.3 is 15.4 Å². The van der Waals surface area contributed by atoms with Gasteiger partial charge in [-0.3, -0.25) is 4.79 Å². The Morgan fingerprint density at radius 1 is 1.44 bits per heavy atom. The minimum atomic E-state index is -0.0781. The molecule has 1 amide bonds. The van der Waals surface area contributed by atoms with E-state index in [0.29, 0.717) is 18.2 Å². The topological polar surface area (TPSA) is 50.4 Å². The average Bonchev–Trinajstić information content (AvgIpc) is 2.89. The van der Waals surface area contributed by atoms with Gasteiger partial charge in [-0.1, -0.05) is 6.08 Å². The van der Waals surface area contributed by atoms with Gasteiger partial charge in [-0.05, 0) is 30.7 Å². The molecular weight excluding hydrogens is 228 g/mol. The zero-order chi connectivity index (χ0) is 12.8. The zero-order valence-corrected chi connectivity index (χ0v) is 10.3. The van der Waals surface area contributed by atoms with Gasteiger partial charge in [-0.25, -0.2) is 0 Å². The monoisotopic (exact) mass is 246 g/mol. The van der Waals surface area contributed by atoms with E-state index in [0.717, 1.165) is 25.3 Å². The van der Waals surface area contributed by atoms with Crippen LogP contribution >= 0.6 is 0 Å². The molecule has 4 heteroatoms. The average molecular weight is 246 g/mol. The summed E-state index contributed by atoms with van der Waals surface area (Å²) < 4.78 is 5.30. The Balaban J connectivity index is 1.91. The normalized spacial score (nSPS) is 18.3. The number of nitrogens with one attached hydrogen (secondary N) is 2. The molecule has 1 aromatic carbocycles. The van der Waals surface area contributed by atoms with E-state index in [1.807, 2.05) is 24.3 Å². The summed E-state index contributed by atoms with van der Waals surface area (Å²) in [4.78, 5) is 11.7. The van der Waals surface area contributed by atoms with Gasteiger partial charge in [-0.15, -0.1) is 6.58 Å². The van der Waals surface area contributed by atoms with Crippen LogP contribution in [0.4, 0.5) is 5.69 Å². The van der Waals surface area contributed by atoms with E-state index in [-0.39, 0.29) is 5.91 Å². The highest BCUT2D eigenvalue weighted by Gasteiger charge is 2.14. The van der Waals surface area contributed by atoms with Crippen molar-refractivity contribution in [3.05, 3.63) is 42.5 Å². The first-order valence-electron chi connectivity index (χ1n) is 6.13. The largest absolute Gasteiger partial charge is 0.380 e. The molecule has 1 unspecified atom stereocenters. The van der Waals surface area contributed by atoms with Crippen LogP contribution in [0.15, 0.2) is 36.9 Å². The SMILES string of the molecule is C=CCNC(=O)c1ccc(NC2CCOC2)cc1. The number of hydrogen-bond donors (Lipinski definition) is 2. The van der Waals surface area contributed by atoms with Crippen LogP contribution in [-0.2, 0) is 4.74 Å².